The van der Waals surface area contributed by atoms with Crippen LogP contribution >= 0.6 is 0 Å². The van der Waals surface area contributed by atoms with Crippen LogP contribution in [0.1, 0.15) is 12.7 Å². The van der Waals surface area contributed by atoms with Gasteiger partial charge in [0.1, 0.15) is 0 Å². The summed E-state index contributed by atoms with van der Waals surface area (Å²) < 4.78 is 4.69. The third-order valence-electron chi connectivity index (χ3n) is 2.39. The summed E-state index contributed by atoms with van der Waals surface area (Å²) in [6.45, 7) is 6.13. The van der Waals surface area contributed by atoms with Gasteiger partial charge in [0.05, 0.1) is 6.54 Å². The molecular weight excluding hydrogens is 168 g/mol. The van der Waals surface area contributed by atoms with Crippen LogP contribution in [0, 0.1) is 0 Å². The van der Waals surface area contributed by atoms with Crippen molar-refractivity contribution in [1.82, 2.24) is 20.4 Å². The van der Waals surface area contributed by atoms with E-state index < -0.39 is 0 Å². The number of aromatic nitrogens is 2. The van der Waals surface area contributed by atoms with Gasteiger partial charge in [0.25, 0.3) is 0 Å². The molecular formula is C8H14N4O. The van der Waals surface area contributed by atoms with Gasteiger partial charge in [-0.2, -0.15) is 4.98 Å². The minimum Gasteiger partial charge on any atom is -0.343 e. The molecule has 0 amide bonds. The largest absolute Gasteiger partial charge is 0.343 e. The Balaban J connectivity index is 1.93. The second kappa shape index (κ2) is 3.85. The van der Waals surface area contributed by atoms with Crippen molar-refractivity contribution < 1.29 is 4.52 Å². The van der Waals surface area contributed by atoms with Gasteiger partial charge in [-0.05, 0) is 6.92 Å². The van der Waals surface area contributed by atoms with Crippen molar-refractivity contribution in [2.75, 3.05) is 19.6 Å². The van der Waals surface area contributed by atoms with Crippen molar-refractivity contribution in [2.45, 2.75) is 19.5 Å². The highest BCUT2D eigenvalue weighted by atomic mass is 16.5. The fraction of sp³-hybridized carbons (Fsp3) is 0.750. The van der Waals surface area contributed by atoms with Crippen LogP contribution in [-0.4, -0.2) is 40.7 Å². The van der Waals surface area contributed by atoms with Crippen molar-refractivity contribution in [3.63, 3.8) is 0 Å². The molecule has 1 aliphatic rings. The summed E-state index contributed by atoms with van der Waals surface area (Å²) in [6, 6.07) is 0.548. The highest BCUT2D eigenvalue weighted by Crippen LogP contribution is 2.05. The first-order valence-corrected chi connectivity index (χ1v) is 4.56. The summed E-state index contributed by atoms with van der Waals surface area (Å²) >= 11 is 0. The fourth-order valence-electron chi connectivity index (χ4n) is 1.56. The number of rotatable bonds is 2. The number of hydrogen-bond donors (Lipinski definition) is 1. The van der Waals surface area contributed by atoms with E-state index in [-0.39, 0.29) is 0 Å². The summed E-state index contributed by atoms with van der Waals surface area (Å²) in [7, 11) is 0. The van der Waals surface area contributed by atoms with Crippen LogP contribution in [0.5, 0.6) is 0 Å². The maximum Gasteiger partial charge on any atom is 0.213 e. The normalized spacial score (nSPS) is 24.8. The third kappa shape index (κ3) is 2.05. The Hall–Kier alpha value is -0.940. The predicted molar refractivity (Wildman–Crippen MR) is 47.0 cm³/mol. The SMILES string of the molecule is CC1CNCCN1Cc1ncon1. The first kappa shape index (κ1) is 8.65. The van der Waals surface area contributed by atoms with Crippen LogP contribution < -0.4 is 5.32 Å². The summed E-state index contributed by atoms with van der Waals surface area (Å²) in [5.41, 5.74) is 0. The summed E-state index contributed by atoms with van der Waals surface area (Å²) in [6.07, 6.45) is 1.38. The van der Waals surface area contributed by atoms with Crippen molar-refractivity contribution in [1.29, 1.82) is 0 Å². The van der Waals surface area contributed by atoms with E-state index >= 15 is 0 Å². The molecule has 0 saturated carbocycles. The number of nitrogens with zero attached hydrogens (tertiary/aromatic N) is 3. The van der Waals surface area contributed by atoms with E-state index in [0.29, 0.717) is 6.04 Å². The number of piperazine rings is 1. The first-order chi connectivity index (χ1) is 6.36. The molecule has 5 nitrogen and oxygen atoms in total. The summed E-state index contributed by atoms with van der Waals surface area (Å²) in [5.74, 6) is 0.772. The quantitative estimate of drug-likeness (QED) is 0.690. The van der Waals surface area contributed by atoms with Gasteiger partial charge in [-0.3, -0.25) is 4.90 Å². The Morgan fingerprint density at radius 3 is 3.38 bits per heavy atom. The summed E-state index contributed by atoms with van der Waals surface area (Å²) in [5, 5.41) is 7.13. The fourth-order valence-corrected chi connectivity index (χ4v) is 1.56. The molecule has 5 heteroatoms. The molecule has 13 heavy (non-hydrogen) atoms. The lowest BCUT2D eigenvalue weighted by Crippen LogP contribution is -2.49. The lowest BCUT2D eigenvalue weighted by Gasteiger charge is -2.32. The molecule has 1 N–H and O–H groups in total. The molecule has 0 aliphatic carbocycles. The molecule has 72 valence electrons. The topological polar surface area (TPSA) is 54.2 Å². The molecule has 0 radical (unpaired) electrons. The molecule has 1 atom stereocenters. The first-order valence-electron chi connectivity index (χ1n) is 4.56. The standard InChI is InChI=1S/C8H14N4O/c1-7-4-9-2-3-12(7)5-8-10-6-13-11-8/h6-7,9H,2-5H2,1H3. The Bertz CT molecular complexity index is 249. The van der Waals surface area contributed by atoms with Crippen molar-refractivity contribution in [3.8, 4) is 0 Å². The molecule has 1 aliphatic heterocycles. The molecule has 0 aromatic carbocycles. The zero-order chi connectivity index (χ0) is 9.10. The molecule has 0 bridgehead atoms. The van der Waals surface area contributed by atoms with E-state index in [1.807, 2.05) is 0 Å². The van der Waals surface area contributed by atoms with Gasteiger partial charge in [-0.1, -0.05) is 5.16 Å². The smallest absolute Gasteiger partial charge is 0.213 e. The van der Waals surface area contributed by atoms with Gasteiger partial charge in [-0.25, -0.2) is 0 Å². The molecule has 2 rings (SSSR count). The second-order valence-corrected chi connectivity index (χ2v) is 3.37. The zero-order valence-electron chi connectivity index (χ0n) is 7.73. The summed E-state index contributed by atoms with van der Waals surface area (Å²) in [4.78, 5) is 6.35. The monoisotopic (exact) mass is 182 g/mol. The van der Waals surface area contributed by atoms with Crippen molar-refractivity contribution in [3.05, 3.63) is 12.2 Å². The van der Waals surface area contributed by atoms with Gasteiger partial charge in [0, 0.05) is 25.7 Å². The van der Waals surface area contributed by atoms with Crippen LogP contribution in [0.25, 0.3) is 0 Å². The highest BCUT2D eigenvalue weighted by Gasteiger charge is 2.18. The molecule has 0 spiro atoms. The number of hydrogen-bond acceptors (Lipinski definition) is 5. The van der Waals surface area contributed by atoms with Gasteiger partial charge in [-0.15, -0.1) is 0 Å². The molecule has 2 heterocycles. The maximum absolute atomic E-state index is 4.69. The van der Waals surface area contributed by atoms with Crippen LogP contribution in [0.2, 0.25) is 0 Å². The Morgan fingerprint density at radius 1 is 1.77 bits per heavy atom. The molecule has 1 aromatic rings. The van der Waals surface area contributed by atoms with Crippen LogP contribution in [0.15, 0.2) is 10.9 Å². The van der Waals surface area contributed by atoms with E-state index in [2.05, 4.69) is 31.8 Å². The predicted octanol–water partition coefficient (Wildman–Crippen LogP) is -0.137. The molecule has 1 unspecified atom stereocenters. The van der Waals surface area contributed by atoms with Crippen molar-refractivity contribution >= 4 is 0 Å². The van der Waals surface area contributed by atoms with E-state index in [9.17, 15) is 0 Å². The van der Waals surface area contributed by atoms with Crippen LogP contribution in [0.4, 0.5) is 0 Å². The van der Waals surface area contributed by atoms with Gasteiger partial charge in [0.2, 0.25) is 6.39 Å². The van der Waals surface area contributed by atoms with Crippen LogP contribution in [-0.2, 0) is 6.54 Å². The van der Waals surface area contributed by atoms with E-state index in [4.69, 9.17) is 0 Å². The zero-order valence-corrected chi connectivity index (χ0v) is 7.73. The average Bonchev–Trinajstić information content (AvgIpc) is 2.61. The van der Waals surface area contributed by atoms with Gasteiger partial charge in [0.15, 0.2) is 5.82 Å². The Kier molecular flexibility index (Phi) is 2.56. The minimum atomic E-state index is 0.548. The average molecular weight is 182 g/mol. The minimum absolute atomic E-state index is 0.548. The Morgan fingerprint density at radius 2 is 2.69 bits per heavy atom. The molecule has 1 fully saturated rings. The maximum atomic E-state index is 4.69. The van der Waals surface area contributed by atoms with E-state index in [1.165, 1.54) is 6.39 Å². The van der Waals surface area contributed by atoms with E-state index in [0.717, 1.165) is 32.0 Å². The second-order valence-electron chi connectivity index (χ2n) is 3.37. The van der Waals surface area contributed by atoms with Gasteiger partial charge >= 0.3 is 0 Å². The third-order valence-corrected chi connectivity index (χ3v) is 2.39. The Labute approximate surface area is 77.1 Å². The molecule has 1 saturated heterocycles. The lowest BCUT2D eigenvalue weighted by atomic mass is 10.2. The number of nitrogens with one attached hydrogen (secondary N) is 1. The van der Waals surface area contributed by atoms with Gasteiger partial charge < -0.3 is 9.84 Å². The lowest BCUT2D eigenvalue weighted by molar-refractivity contribution is 0.160. The molecule has 1 aromatic heterocycles. The van der Waals surface area contributed by atoms with Crippen molar-refractivity contribution in [2.24, 2.45) is 0 Å². The van der Waals surface area contributed by atoms with Crippen LogP contribution in [0.3, 0.4) is 0 Å². The van der Waals surface area contributed by atoms with E-state index in [1.54, 1.807) is 0 Å². The highest BCUT2D eigenvalue weighted by molar-refractivity contribution is 4.83.